The summed E-state index contributed by atoms with van der Waals surface area (Å²) in [6.07, 6.45) is 5.85. The second kappa shape index (κ2) is 10.9. The third-order valence-electron chi connectivity index (χ3n) is 10.2. The molecule has 0 heterocycles. The highest BCUT2D eigenvalue weighted by molar-refractivity contribution is 5.92. The summed E-state index contributed by atoms with van der Waals surface area (Å²) in [5.74, 6) is 1.69. The largest absolute Gasteiger partial charge is 0.423 e. The molecule has 1 aromatic rings. The molecule has 0 unspecified atom stereocenters. The van der Waals surface area contributed by atoms with E-state index in [9.17, 15) is 38.0 Å². The first-order valence-corrected chi connectivity index (χ1v) is 14.2. The Bertz CT molecular complexity index is 1210. The fraction of sp³-hybridized carbons (Fsp3) is 0.667. The number of rotatable bonds is 3. The number of aliphatic hydroxyl groups is 1. The molecule has 1 aromatic carbocycles. The number of alkyl halides is 3. The minimum Gasteiger partial charge on any atom is -0.393 e. The van der Waals surface area contributed by atoms with Crippen LogP contribution in [0.3, 0.4) is 0 Å². The van der Waals surface area contributed by atoms with Gasteiger partial charge in [0.15, 0.2) is 5.78 Å². The summed E-state index contributed by atoms with van der Waals surface area (Å²) in [4.78, 5) is 32.6. The lowest BCUT2D eigenvalue weighted by Crippen LogP contribution is -2.51. The lowest BCUT2D eigenvalue weighted by molar-refractivity contribution is -0.388. The highest BCUT2D eigenvalue weighted by Crippen LogP contribution is 2.65. The van der Waals surface area contributed by atoms with Gasteiger partial charge in [-0.25, -0.2) is 0 Å². The normalized spacial score (nSPS) is 33.1. The Labute approximate surface area is 232 Å². The van der Waals surface area contributed by atoms with Crippen LogP contribution in [0, 0.1) is 44.6 Å². The third kappa shape index (κ3) is 5.56. The zero-order chi connectivity index (χ0) is 29.6. The second-order valence-corrected chi connectivity index (χ2v) is 12.7. The Hall–Kier alpha value is -2.75. The van der Waals surface area contributed by atoms with E-state index in [4.69, 9.17) is 0 Å². The molecule has 1 amide bonds. The zero-order valence-corrected chi connectivity index (χ0v) is 23.5. The van der Waals surface area contributed by atoms with Crippen LogP contribution in [-0.2, 0) is 15.8 Å². The maximum Gasteiger partial charge on any atom is 0.423 e. The van der Waals surface area contributed by atoms with E-state index in [1.807, 2.05) is 6.08 Å². The van der Waals surface area contributed by atoms with Gasteiger partial charge in [0.1, 0.15) is 5.56 Å². The first kappa shape index (κ1) is 30.2. The predicted molar refractivity (Wildman–Crippen MR) is 144 cm³/mol. The highest BCUT2D eigenvalue weighted by atomic mass is 19.4. The number of hydrogen-bond donors (Lipinski definition) is 2. The van der Waals surface area contributed by atoms with Crippen LogP contribution in [0.2, 0.25) is 0 Å². The second-order valence-electron chi connectivity index (χ2n) is 12.7. The summed E-state index contributed by atoms with van der Waals surface area (Å²) < 4.78 is 38.0. The smallest absolute Gasteiger partial charge is 0.393 e. The average Bonchev–Trinajstić information content (AvgIpc) is 3.18. The van der Waals surface area contributed by atoms with Crippen LogP contribution in [0.4, 0.5) is 24.5 Å². The van der Waals surface area contributed by atoms with E-state index in [1.54, 1.807) is 13.8 Å². The predicted octanol–water partition coefficient (Wildman–Crippen LogP) is 7.09. The molecule has 4 aliphatic rings. The first-order chi connectivity index (χ1) is 18.6. The number of hydrogen-bond acceptors (Lipinski definition) is 5. The molecule has 0 aliphatic heterocycles. The molecule has 40 heavy (non-hydrogen) atoms. The fourth-order valence-electron chi connectivity index (χ4n) is 7.82. The molecule has 3 fully saturated rings. The molecule has 0 radical (unpaired) electrons. The summed E-state index contributed by atoms with van der Waals surface area (Å²) in [5.41, 5.74) is -0.678. The number of allylic oxidation sites excluding steroid dienone is 1. The van der Waals surface area contributed by atoms with Gasteiger partial charge < -0.3 is 10.4 Å². The average molecular weight is 565 g/mol. The number of aliphatic hydroxyl groups excluding tert-OH is 1. The van der Waals surface area contributed by atoms with E-state index >= 15 is 0 Å². The van der Waals surface area contributed by atoms with Crippen molar-refractivity contribution >= 4 is 23.1 Å². The number of nitrogens with one attached hydrogen (secondary N) is 1. The topological polar surface area (TPSA) is 110 Å². The standard InChI is InChI=1S/C19H28O2.C11H11F3N2O3/c1-18-9-7-13(20)11-12(18)3-4-14-15-5-6-17(21)19(15,2)10-8-16(14)18;1-6(2)10(17)15-7-3-4-9(16(18)19)8(5-7)11(12,13)14/h11,14-17,21H,3-10H2,1-2H3;3-6H,1-2H3,(H,15,17)/t14-,15-,16-,17-,18-,19-;/m0./s1. The summed E-state index contributed by atoms with van der Waals surface area (Å²) >= 11 is 0. The number of nitrogens with zero attached hydrogens (tertiary/aromatic N) is 1. The molecule has 0 bridgehead atoms. The third-order valence-corrected chi connectivity index (χ3v) is 10.2. The van der Waals surface area contributed by atoms with E-state index in [0.717, 1.165) is 49.7 Å². The maximum atomic E-state index is 12.7. The van der Waals surface area contributed by atoms with E-state index in [2.05, 4.69) is 19.2 Å². The van der Waals surface area contributed by atoms with Crippen molar-refractivity contribution in [1.29, 1.82) is 0 Å². The number of anilines is 1. The Morgan fingerprint density at radius 1 is 1.10 bits per heavy atom. The molecule has 7 nitrogen and oxygen atoms in total. The van der Waals surface area contributed by atoms with Gasteiger partial charge >= 0.3 is 6.18 Å². The van der Waals surface area contributed by atoms with Gasteiger partial charge in [-0.2, -0.15) is 13.2 Å². The summed E-state index contributed by atoms with van der Waals surface area (Å²) in [6.45, 7) is 7.91. The van der Waals surface area contributed by atoms with Crippen LogP contribution in [0.25, 0.3) is 0 Å². The highest BCUT2D eigenvalue weighted by Gasteiger charge is 2.58. The quantitative estimate of drug-likeness (QED) is 0.301. The van der Waals surface area contributed by atoms with Crippen molar-refractivity contribution in [2.45, 2.75) is 91.3 Å². The molecule has 0 spiro atoms. The number of benzene rings is 1. The van der Waals surface area contributed by atoms with Crippen molar-refractivity contribution in [3.05, 3.63) is 45.5 Å². The number of carbonyl (C=O) groups is 2. The van der Waals surface area contributed by atoms with Crippen molar-refractivity contribution in [3.8, 4) is 0 Å². The van der Waals surface area contributed by atoms with Crippen LogP contribution in [-0.4, -0.2) is 27.8 Å². The first-order valence-electron chi connectivity index (χ1n) is 14.2. The molecule has 5 rings (SSSR count). The molecule has 3 saturated carbocycles. The zero-order valence-electron chi connectivity index (χ0n) is 23.5. The van der Waals surface area contributed by atoms with Crippen molar-refractivity contribution < 1.29 is 32.8 Å². The number of ketones is 1. The summed E-state index contributed by atoms with van der Waals surface area (Å²) in [7, 11) is 0. The Kier molecular flexibility index (Phi) is 8.24. The van der Waals surface area contributed by atoms with Crippen LogP contribution < -0.4 is 5.32 Å². The fourth-order valence-corrected chi connectivity index (χ4v) is 7.82. The number of fused-ring (bicyclic) bond motifs is 5. The number of nitro benzene ring substituents is 1. The molecule has 220 valence electrons. The van der Waals surface area contributed by atoms with Gasteiger partial charge in [0.05, 0.1) is 11.0 Å². The van der Waals surface area contributed by atoms with E-state index in [1.165, 1.54) is 31.3 Å². The number of amides is 1. The lowest BCUT2D eigenvalue weighted by atomic mass is 9.47. The van der Waals surface area contributed by atoms with E-state index in [-0.39, 0.29) is 22.6 Å². The molecule has 0 saturated heterocycles. The Balaban J connectivity index is 0.000000186. The molecule has 2 N–H and O–H groups in total. The van der Waals surface area contributed by atoms with Crippen LogP contribution >= 0.6 is 0 Å². The van der Waals surface area contributed by atoms with Gasteiger partial charge in [-0.05, 0) is 91.7 Å². The minimum atomic E-state index is -4.86. The molecule has 6 atom stereocenters. The van der Waals surface area contributed by atoms with Gasteiger partial charge in [0.2, 0.25) is 5.91 Å². The van der Waals surface area contributed by atoms with Crippen molar-refractivity contribution in [2.24, 2.45) is 34.5 Å². The summed E-state index contributed by atoms with van der Waals surface area (Å²) in [6, 6.07) is 2.34. The maximum absolute atomic E-state index is 12.7. The molecular formula is C30H39F3N2O5. The Morgan fingerprint density at radius 2 is 1.80 bits per heavy atom. The van der Waals surface area contributed by atoms with Gasteiger partial charge in [-0.3, -0.25) is 19.7 Å². The minimum absolute atomic E-state index is 0.0823. The molecule has 4 aliphatic carbocycles. The van der Waals surface area contributed by atoms with Gasteiger partial charge in [-0.15, -0.1) is 0 Å². The SMILES string of the molecule is CC(C)C(=O)Nc1ccc([N+](=O)[O-])c(C(F)(F)F)c1.C[C@]12CC[C@H]3[C@@H](CCC4=CC(=O)CC[C@@]43C)[C@@H]1CC[C@@H]2O. The molecule has 0 aromatic heterocycles. The number of nitro groups is 1. The van der Waals surface area contributed by atoms with Gasteiger partial charge in [-0.1, -0.05) is 33.3 Å². The van der Waals surface area contributed by atoms with Crippen LogP contribution in [0.15, 0.2) is 29.8 Å². The molecular weight excluding hydrogens is 525 g/mol. The van der Waals surface area contributed by atoms with Gasteiger partial charge in [0, 0.05) is 24.1 Å². The monoisotopic (exact) mass is 564 g/mol. The van der Waals surface area contributed by atoms with Gasteiger partial charge in [0.25, 0.3) is 5.69 Å². The van der Waals surface area contributed by atoms with E-state index in [0.29, 0.717) is 17.8 Å². The van der Waals surface area contributed by atoms with Crippen LogP contribution in [0.5, 0.6) is 0 Å². The number of halogens is 3. The van der Waals surface area contributed by atoms with Crippen molar-refractivity contribution in [2.75, 3.05) is 5.32 Å². The number of carbonyl (C=O) groups excluding carboxylic acids is 2. The Morgan fingerprint density at radius 3 is 2.42 bits per heavy atom. The van der Waals surface area contributed by atoms with Crippen LogP contribution in [0.1, 0.15) is 84.6 Å². The van der Waals surface area contributed by atoms with E-state index < -0.39 is 34.2 Å². The lowest BCUT2D eigenvalue weighted by Gasteiger charge is -2.57. The van der Waals surface area contributed by atoms with Crippen molar-refractivity contribution in [3.63, 3.8) is 0 Å². The molecule has 10 heteroatoms. The summed E-state index contributed by atoms with van der Waals surface area (Å²) in [5, 5.41) is 23.2. The van der Waals surface area contributed by atoms with Crippen molar-refractivity contribution in [1.82, 2.24) is 0 Å².